The van der Waals surface area contributed by atoms with Gasteiger partial charge in [-0.2, -0.15) is 4.98 Å². The number of aromatic amines is 1. The van der Waals surface area contributed by atoms with Gasteiger partial charge in [-0.3, -0.25) is 0 Å². The second-order valence-electron chi connectivity index (χ2n) is 4.07. The first-order valence-electron chi connectivity index (χ1n) is 5.74. The second-order valence-corrected chi connectivity index (χ2v) is 5.08. The molecule has 0 radical (unpaired) electrons. The van der Waals surface area contributed by atoms with Crippen LogP contribution >= 0.6 is 11.8 Å². The van der Waals surface area contributed by atoms with Crippen LogP contribution in [0.3, 0.4) is 0 Å². The van der Waals surface area contributed by atoms with Gasteiger partial charge in [0.1, 0.15) is 17.4 Å². The van der Waals surface area contributed by atoms with Crippen LogP contribution in [0.1, 0.15) is 22.5 Å². The van der Waals surface area contributed by atoms with Gasteiger partial charge < -0.3 is 19.6 Å². The zero-order valence-electron chi connectivity index (χ0n) is 10.3. The summed E-state index contributed by atoms with van der Waals surface area (Å²) < 4.78 is 10.4. The maximum atomic E-state index is 11.3. The van der Waals surface area contributed by atoms with E-state index in [1.807, 2.05) is 0 Å². The normalized spacial score (nSPS) is 19.3. The van der Waals surface area contributed by atoms with Crippen molar-refractivity contribution in [2.24, 2.45) is 0 Å². The Balaban J connectivity index is 2.14. The highest BCUT2D eigenvalue weighted by Crippen LogP contribution is 2.23. The molecule has 1 fully saturated rings. The molecule has 1 atom stereocenters. The number of thioether (sulfide) groups is 1. The van der Waals surface area contributed by atoms with Gasteiger partial charge in [0.25, 0.3) is 0 Å². The number of carboxylic acid groups (broad SMARTS) is 1. The van der Waals surface area contributed by atoms with E-state index >= 15 is 0 Å². The summed E-state index contributed by atoms with van der Waals surface area (Å²) in [4.78, 5) is 28.6. The molecule has 1 unspecified atom stereocenters. The summed E-state index contributed by atoms with van der Waals surface area (Å²) in [5.74, 6) is -0.559. The first-order valence-corrected chi connectivity index (χ1v) is 6.73. The van der Waals surface area contributed by atoms with E-state index in [4.69, 9.17) is 14.6 Å². The predicted octanol–water partition coefficient (Wildman–Crippen LogP) is 0.632. The smallest absolute Gasteiger partial charge is 0.346 e. The number of aromatic nitrogens is 2. The Labute approximate surface area is 113 Å². The third kappa shape index (κ3) is 3.55. The van der Waals surface area contributed by atoms with E-state index in [0.717, 1.165) is 6.42 Å². The molecule has 19 heavy (non-hydrogen) atoms. The average Bonchev–Trinajstić information content (AvgIpc) is 2.36. The number of nitrogens with one attached hydrogen (secondary N) is 1. The number of nitrogens with zero attached hydrogens (tertiary/aromatic N) is 1. The van der Waals surface area contributed by atoms with E-state index in [2.05, 4.69) is 9.97 Å². The molecule has 2 heterocycles. The van der Waals surface area contributed by atoms with Crippen molar-refractivity contribution in [2.75, 3.05) is 19.2 Å². The van der Waals surface area contributed by atoms with Crippen LogP contribution in [-0.2, 0) is 9.47 Å². The lowest BCUT2D eigenvalue weighted by Gasteiger charge is -2.22. The second kappa shape index (κ2) is 6.18. The Hall–Kier alpha value is -1.38. The molecule has 1 aliphatic rings. The van der Waals surface area contributed by atoms with E-state index in [9.17, 15) is 9.59 Å². The number of aromatic carboxylic acids is 1. The molecule has 2 rings (SSSR count). The summed E-state index contributed by atoms with van der Waals surface area (Å²) >= 11 is 1.22. The molecule has 1 aliphatic heterocycles. The summed E-state index contributed by atoms with van der Waals surface area (Å²) in [7, 11) is 0. The van der Waals surface area contributed by atoms with Crippen molar-refractivity contribution in [3.8, 4) is 0 Å². The average molecular weight is 286 g/mol. The van der Waals surface area contributed by atoms with Crippen LogP contribution in [0.5, 0.6) is 0 Å². The zero-order valence-corrected chi connectivity index (χ0v) is 11.2. The van der Waals surface area contributed by atoms with Crippen molar-refractivity contribution in [1.82, 2.24) is 9.97 Å². The fourth-order valence-electron chi connectivity index (χ4n) is 1.72. The Morgan fingerprint density at radius 2 is 2.42 bits per heavy atom. The maximum absolute atomic E-state index is 11.3. The van der Waals surface area contributed by atoms with E-state index in [1.54, 1.807) is 6.92 Å². The molecule has 0 aromatic carbocycles. The largest absolute Gasteiger partial charge is 0.478 e. The van der Waals surface area contributed by atoms with Crippen LogP contribution in [0.4, 0.5) is 0 Å². The lowest BCUT2D eigenvalue weighted by atomic mass is 10.2. The molecule has 1 aromatic heterocycles. The van der Waals surface area contributed by atoms with Crippen LogP contribution in [0, 0.1) is 6.92 Å². The highest BCUT2D eigenvalue weighted by Gasteiger charge is 2.20. The topological polar surface area (TPSA) is 102 Å². The molecule has 0 amide bonds. The molecule has 0 bridgehead atoms. The lowest BCUT2D eigenvalue weighted by molar-refractivity contribution is -0.130. The van der Waals surface area contributed by atoms with Gasteiger partial charge in [-0.05, 0) is 13.3 Å². The highest BCUT2D eigenvalue weighted by molar-refractivity contribution is 7.99. The molecule has 0 saturated carbocycles. The van der Waals surface area contributed by atoms with Crippen molar-refractivity contribution in [3.05, 3.63) is 21.7 Å². The first-order chi connectivity index (χ1) is 9.08. The first kappa shape index (κ1) is 14.0. The molecule has 8 heteroatoms. The fraction of sp³-hybridized carbons (Fsp3) is 0.545. The molecular weight excluding hydrogens is 272 g/mol. The van der Waals surface area contributed by atoms with Crippen LogP contribution in [-0.4, -0.2) is 46.3 Å². The quantitative estimate of drug-likeness (QED) is 0.618. The van der Waals surface area contributed by atoms with E-state index < -0.39 is 11.7 Å². The molecule has 7 nitrogen and oxygen atoms in total. The molecule has 1 saturated heterocycles. The van der Waals surface area contributed by atoms with Crippen molar-refractivity contribution in [1.29, 1.82) is 0 Å². The minimum atomic E-state index is -1.10. The van der Waals surface area contributed by atoms with Crippen molar-refractivity contribution >= 4 is 17.7 Å². The van der Waals surface area contributed by atoms with Crippen molar-refractivity contribution in [2.45, 2.75) is 24.5 Å². The third-order valence-corrected chi connectivity index (χ3v) is 3.78. The fourth-order valence-corrected chi connectivity index (χ4v) is 2.86. The molecule has 1 aromatic rings. The van der Waals surface area contributed by atoms with Gasteiger partial charge in [-0.25, -0.2) is 9.59 Å². The summed E-state index contributed by atoms with van der Waals surface area (Å²) in [6.45, 7) is 2.42. The van der Waals surface area contributed by atoms with Crippen LogP contribution in [0.2, 0.25) is 0 Å². The van der Waals surface area contributed by atoms with Crippen LogP contribution < -0.4 is 5.69 Å². The molecule has 104 valence electrons. The minimum absolute atomic E-state index is 0.0122. The molecular formula is C11H14N2O5S. The molecule has 0 spiro atoms. The summed E-state index contributed by atoms with van der Waals surface area (Å²) in [6.07, 6.45) is 0.735. The van der Waals surface area contributed by atoms with Gasteiger partial charge in [0.15, 0.2) is 0 Å². The number of carboxylic acids is 1. The number of H-pyrrole nitrogens is 1. The van der Waals surface area contributed by atoms with Gasteiger partial charge in [-0.1, -0.05) is 0 Å². The van der Waals surface area contributed by atoms with Gasteiger partial charge in [0.05, 0.1) is 12.7 Å². The lowest BCUT2D eigenvalue weighted by Crippen LogP contribution is -2.26. The maximum Gasteiger partial charge on any atom is 0.346 e. The van der Waals surface area contributed by atoms with E-state index in [1.165, 1.54) is 11.8 Å². The Morgan fingerprint density at radius 3 is 3.05 bits per heavy atom. The number of hydrogen-bond acceptors (Lipinski definition) is 6. The number of ether oxygens (including phenoxy) is 2. The van der Waals surface area contributed by atoms with E-state index in [0.29, 0.717) is 18.1 Å². The number of rotatable bonds is 4. The third-order valence-electron chi connectivity index (χ3n) is 2.68. The van der Waals surface area contributed by atoms with Gasteiger partial charge in [-0.15, -0.1) is 11.8 Å². The number of aryl methyl sites for hydroxylation is 1. The molecule has 0 aliphatic carbocycles. The predicted molar refractivity (Wildman–Crippen MR) is 67.6 cm³/mol. The van der Waals surface area contributed by atoms with Gasteiger partial charge in [0.2, 0.25) is 0 Å². The Kier molecular flexibility index (Phi) is 4.56. The van der Waals surface area contributed by atoms with Gasteiger partial charge >= 0.3 is 11.7 Å². The highest BCUT2D eigenvalue weighted by atomic mass is 32.2. The van der Waals surface area contributed by atoms with Crippen molar-refractivity contribution in [3.63, 3.8) is 0 Å². The number of carbonyl (C=O) groups is 1. The van der Waals surface area contributed by atoms with Crippen LogP contribution in [0.15, 0.2) is 9.82 Å². The monoisotopic (exact) mass is 286 g/mol. The summed E-state index contributed by atoms with van der Waals surface area (Å²) in [5.41, 5.74) is -0.197. The Bertz CT molecular complexity index is 524. The van der Waals surface area contributed by atoms with Crippen LogP contribution in [0.25, 0.3) is 0 Å². The number of hydrogen-bond donors (Lipinski definition) is 2. The minimum Gasteiger partial charge on any atom is -0.478 e. The molecule has 2 N–H and O–H groups in total. The van der Waals surface area contributed by atoms with E-state index in [-0.39, 0.29) is 23.5 Å². The Morgan fingerprint density at radius 1 is 1.63 bits per heavy atom. The van der Waals surface area contributed by atoms with Gasteiger partial charge in [0, 0.05) is 11.4 Å². The summed E-state index contributed by atoms with van der Waals surface area (Å²) in [6, 6.07) is 0. The summed E-state index contributed by atoms with van der Waals surface area (Å²) in [5, 5.41) is 9.37. The standard InChI is InChI=1S/C11H14N2O5S/c1-6-8(10(14)15)9(13-11(16)12-6)19-4-7-2-3-17-5-18-7/h7H,2-5H2,1H3,(H,14,15)(H,12,13,16). The van der Waals surface area contributed by atoms with Crippen molar-refractivity contribution < 1.29 is 19.4 Å². The zero-order chi connectivity index (χ0) is 13.8. The SMILES string of the molecule is Cc1[nH]c(=O)nc(SCC2CCOCO2)c1C(=O)O.